The Labute approximate surface area is 88.1 Å². The van der Waals surface area contributed by atoms with Crippen molar-refractivity contribution in [1.82, 2.24) is 5.43 Å². The Morgan fingerprint density at radius 3 is 2.93 bits per heavy atom. The maximum atomic E-state index is 11.1. The average Bonchev–Trinajstić information content (AvgIpc) is 2.66. The second kappa shape index (κ2) is 4.01. The van der Waals surface area contributed by atoms with E-state index in [1.54, 1.807) is 5.01 Å². The van der Waals surface area contributed by atoms with Crippen molar-refractivity contribution in [2.45, 2.75) is 12.8 Å². The van der Waals surface area contributed by atoms with E-state index >= 15 is 0 Å². The summed E-state index contributed by atoms with van der Waals surface area (Å²) in [5.41, 5.74) is 4.62. The largest absolute Gasteiger partial charge is 0.285 e. The van der Waals surface area contributed by atoms with Crippen molar-refractivity contribution < 1.29 is 4.79 Å². The summed E-state index contributed by atoms with van der Waals surface area (Å²) in [6, 6.07) is 9.74. The number of nitrogens with zero attached hydrogens (tertiary/aromatic N) is 2. The van der Waals surface area contributed by atoms with Crippen LogP contribution in [0.2, 0.25) is 0 Å². The number of nitriles is 1. The lowest BCUT2D eigenvalue weighted by Crippen LogP contribution is -2.33. The van der Waals surface area contributed by atoms with Gasteiger partial charge in [0.1, 0.15) is 0 Å². The van der Waals surface area contributed by atoms with Gasteiger partial charge in [-0.15, -0.1) is 0 Å². The quantitative estimate of drug-likeness (QED) is 0.776. The van der Waals surface area contributed by atoms with Gasteiger partial charge in [-0.2, -0.15) is 5.26 Å². The molecule has 4 nitrogen and oxygen atoms in total. The molecule has 1 N–H and O–H groups in total. The summed E-state index contributed by atoms with van der Waals surface area (Å²) in [7, 11) is 0. The van der Waals surface area contributed by atoms with Gasteiger partial charge in [0.2, 0.25) is 5.91 Å². The number of hydrazine groups is 1. The summed E-state index contributed by atoms with van der Waals surface area (Å²) in [6.45, 7) is 0.668. The zero-order valence-electron chi connectivity index (χ0n) is 8.23. The predicted molar refractivity (Wildman–Crippen MR) is 55.9 cm³/mol. The van der Waals surface area contributed by atoms with E-state index in [1.165, 1.54) is 0 Å². The predicted octanol–water partition coefficient (Wildman–Crippen LogP) is 0.994. The van der Waals surface area contributed by atoms with Crippen molar-refractivity contribution in [2.24, 2.45) is 0 Å². The van der Waals surface area contributed by atoms with Crippen LogP contribution >= 0.6 is 0 Å². The molecule has 1 saturated heterocycles. The molecule has 2 rings (SSSR count). The van der Waals surface area contributed by atoms with E-state index in [2.05, 4.69) is 11.5 Å². The highest BCUT2D eigenvalue weighted by Crippen LogP contribution is 2.21. The van der Waals surface area contributed by atoms with Crippen LogP contribution in [0.5, 0.6) is 0 Å². The summed E-state index contributed by atoms with van der Waals surface area (Å²) in [5.74, 6) is 0.0294. The number of rotatable bonds is 2. The first kappa shape index (κ1) is 9.53. The third-order valence-electron chi connectivity index (χ3n) is 2.37. The molecule has 0 atom stereocenters. The molecule has 0 spiro atoms. The van der Waals surface area contributed by atoms with Gasteiger partial charge in [-0.1, -0.05) is 18.2 Å². The lowest BCUT2D eigenvalue weighted by atomic mass is 10.1. The molecule has 0 aliphatic carbocycles. The number of para-hydroxylation sites is 1. The molecular formula is C11H11N3O. The summed E-state index contributed by atoms with van der Waals surface area (Å²) in [4.78, 5) is 11.1. The maximum absolute atomic E-state index is 11.1. The Bertz CT molecular complexity index is 422. The maximum Gasteiger partial charge on any atom is 0.240 e. The number of carbonyl (C=O) groups excluding carboxylic acids is 1. The zero-order chi connectivity index (χ0) is 10.7. The normalized spacial score (nSPS) is 14.9. The molecule has 1 aliphatic heterocycles. The number of carbonyl (C=O) groups is 1. The first-order valence-electron chi connectivity index (χ1n) is 4.83. The van der Waals surface area contributed by atoms with Crippen LogP contribution in [-0.2, 0) is 11.2 Å². The fourth-order valence-corrected chi connectivity index (χ4v) is 1.67. The van der Waals surface area contributed by atoms with E-state index in [0.717, 1.165) is 11.3 Å². The molecule has 0 aromatic heterocycles. The van der Waals surface area contributed by atoms with E-state index in [-0.39, 0.29) is 5.91 Å². The number of nitrogens with one attached hydrogen (secondary N) is 1. The van der Waals surface area contributed by atoms with Gasteiger partial charge in [0.25, 0.3) is 0 Å². The molecule has 1 aromatic rings. The van der Waals surface area contributed by atoms with Crippen LogP contribution in [0.1, 0.15) is 12.0 Å². The van der Waals surface area contributed by atoms with Crippen LogP contribution in [0.4, 0.5) is 5.69 Å². The molecule has 0 bridgehead atoms. The van der Waals surface area contributed by atoms with Gasteiger partial charge in [0, 0.05) is 13.0 Å². The summed E-state index contributed by atoms with van der Waals surface area (Å²) < 4.78 is 0. The minimum atomic E-state index is 0.0294. The number of hydrogen-bond donors (Lipinski definition) is 1. The minimum Gasteiger partial charge on any atom is -0.285 e. The van der Waals surface area contributed by atoms with Crippen LogP contribution in [-0.4, -0.2) is 12.5 Å². The Kier molecular flexibility index (Phi) is 2.55. The van der Waals surface area contributed by atoms with E-state index < -0.39 is 0 Å². The third-order valence-corrected chi connectivity index (χ3v) is 2.37. The molecule has 1 amide bonds. The van der Waals surface area contributed by atoms with Crippen LogP contribution in [0, 0.1) is 11.3 Å². The number of hydrogen-bond acceptors (Lipinski definition) is 3. The van der Waals surface area contributed by atoms with Crippen LogP contribution in [0.15, 0.2) is 24.3 Å². The number of anilines is 1. The standard InChI is InChI=1S/C11H11N3O/c12-7-5-9-3-1-2-4-10(9)14-8-6-11(15)13-14/h1-4H,5-6,8H2,(H,13,15). The zero-order valence-corrected chi connectivity index (χ0v) is 8.23. The fraction of sp³-hybridized carbons (Fsp3) is 0.273. The first-order chi connectivity index (χ1) is 7.31. The average molecular weight is 201 g/mol. The first-order valence-corrected chi connectivity index (χ1v) is 4.83. The van der Waals surface area contributed by atoms with E-state index in [1.807, 2.05) is 24.3 Å². The molecule has 0 radical (unpaired) electrons. The molecular weight excluding hydrogens is 190 g/mol. The highest BCUT2D eigenvalue weighted by atomic mass is 16.2. The summed E-state index contributed by atoms with van der Waals surface area (Å²) in [5, 5.41) is 10.5. The number of amides is 1. The Hall–Kier alpha value is -2.02. The highest BCUT2D eigenvalue weighted by Gasteiger charge is 2.20. The van der Waals surface area contributed by atoms with Gasteiger partial charge in [-0.25, -0.2) is 0 Å². The molecule has 0 saturated carbocycles. The number of benzene rings is 1. The molecule has 1 heterocycles. The van der Waals surface area contributed by atoms with Crippen LogP contribution in [0.25, 0.3) is 0 Å². The van der Waals surface area contributed by atoms with Gasteiger partial charge in [0.15, 0.2) is 0 Å². The highest BCUT2D eigenvalue weighted by molar-refractivity contribution is 5.82. The smallest absolute Gasteiger partial charge is 0.240 e. The molecule has 1 aliphatic rings. The van der Waals surface area contributed by atoms with Gasteiger partial charge < -0.3 is 0 Å². The fourth-order valence-electron chi connectivity index (χ4n) is 1.67. The van der Waals surface area contributed by atoms with Crippen LogP contribution in [0.3, 0.4) is 0 Å². The van der Waals surface area contributed by atoms with Crippen molar-refractivity contribution in [3.8, 4) is 6.07 Å². The second-order valence-corrected chi connectivity index (χ2v) is 3.40. The SMILES string of the molecule is N#CCc1ccccc1N1CCC(=O)N1. The lowest BCUT2D eigenvalue weighted by Gasteiger charge is -2.19. The van der Waals surface area contributed by atoms with Crippen molar-refractivity contribution in [1.29, 1.82) is 5.26 Å². The van der Waals surface area contributed by atoms with Gasteiger partial charge in [-0.3, -0.25) is 15.2 Å². The summed E-state index contributed by atoms with van der Waals surface area (Å²) >= 11 is 0. The van der Waals surface area contributed by atoms with Gasteiger partial charge >= 0.3 is 0 Å². The van der Waals surface area contributed by atoms with Crippen molar-refractivity contribution in [3.05, 3.63) is 29.8 Å². The van der Waals surface area contributed by atoms with E-state index in [4.69, 9.17) is 5.26 Å². The lowest BCUT2D eigenvalue weighted by molar-refractivity contribution is -0.119. The minimum absolute atomic E-state index is 0.0294. The molecule has 15 heavy (non-hydrogen) atoms. The molecule has 4 heteroatoms. The van der Waals surface area contributed by atoms with Crippen LogP contribution < -0.4 is 10.4 Å². The van der Waals surface area contributed by atoms with E-state index in [9.17, 15) is 4.79 Å². The van der Waals surface area contributed by atoms with E-state index in [0.29, 0.717) is 19.4 Å². The molecule has 0 unspecified atom stereocenters. The van der Waals surface area contributed by atoms with Crippen molar-refractivity contribution in [2.75, 3.05) is 11.6 Å². The molecule has 76 valence electrons. The summed E-state index contributed by atoms with van der Waals surface area (Å²) in [6.07, 6.45) is 0.878. The monoisotopic (exact) mass is 201 g/mol. The Balaban J connectivity index is 2.27. The molecule has 1 fully saturated rings. The Morgan fingerprint density at radius 1 is 1.47 bits per heavy atom. The van der Waals surface area contributed by atoms with Gasteiger partial charge in [0.05, 0.1) is 18.2 Å². The van der Waals surface area contributed by atoms with Gasteiger partial charge in [-0.05, 0) is 11.6 Å². The van der Waals surface area contributed by atoms with Crippen molar-refractivity contribution >= 4 is 11.6 Å². The Morgan fingerprint density at radius 2 is 2.27 bits per heavy atom. The molecule has 1 aromatic carbocycles. The third kappa shape index (κ3) is 1.91. The van der Waals surface area contributed by atoms with Crippen molar-refractivity contribution in [3.63, 3.8) is 0 Å². The second-order valence-electron chi connectivity index (χ2n) is 3.40. The topological polar surface area (TPSA) is 56.1 Å².